The van der Waals surface area contributed by atoms with Gasteiger partial charge in [0.1, 0.15) is 10.7 Å². The topological polar surface area (TPSA) is 78.8 Å². The molecule has 29 heavy (non-hydrogen) atoms. The Morgan fingerprint density at radius 3 is 2.55 bits per heavy atom. The van der Waals surface area contributed by atoms with Crippen LogP contribution in [0.4, 0.5) is 5.69 Å². The maximum atomic E-state index is 12.7. The van der Waals surface area contributed by atoms with Crippen LogP contribution >= 0.6 is 11.6 Å². The molecule has 0 aliphatic carbocycles. The zero-order chi connectivity index (χ0) is 21.2. The Bertz CT molecular complexity index is 1050. The molecule has 0 aromatic heterocycles. The van der Waals surface area contributed by atoms with Crippen LogP contribution in [0, 0.1) is 0 Å². The first-order chi connectivity index (χ1) is 13.7. The summed E-state index contributed by atoms with van der Waals surface area (Å²) in [6, 6.07) is 11.7. The number of anilines is 1. The molecule has 1 amide bonds. The van der Waals surface area contributed by atoms with Gasteiger partial charge in [0.25, 0.3) is 15.9 Å². The molecule has 2 aromatic rings. The van der Waals surface area contributed by atoms with Crippen molar-refractivity contribution in [3.8, 4) is 0 Å². The van der Waals surface area contributed by atoms with Gasteiger partial charge in [0.2, 0.25) is 0 Å². The zero-order valence-electron chi connectivity index (χ0n) is 16.6. The first kappa shape index (κ1) is 21.3. The molecule has 0 unspecified atom stereocenters. The molecule has 1 aliphatic rings. The van der Waals surface area contributed by atoms with E-state index in [1.165, 1.54) is 6.07 Å². The fourth-order valence-electron chi connectivity index (χ4n) is 3.24. The highest BCUT2D eigenvalue weighted by Crippen LogP contribution is 2.33. The predicted molar refractivity (Wildman–Crippen MR) is 116 cm³/mol. The summed E-state index contributed by atoms with van der Waals surface area (Å²) in [7, 11) is -3.84. The number of benzene rings is 2. The van der Waals surface area contributed by atoms with Crippen LogP contribution in [-0.4, -0.2) is 26.7 Å². The fraction of sp³-hybridized carbons (Fsp3) is 0.333. The van der Waals surface area contributed by atoms with E-state index in [0.717, 1.165) is 18.4 Å². The highest BCUT2D eigenvalue weighted by Gasteiger charge is 2.29. The standard InChI is InChI=1S/C21H24ClN3O3S/c1-4-5-12-25-15(3)24-29(27,28)20-13-17(8-11-19(20)25)21(26)23-14(2)16-6-9-18(22)10-7-16/h6-11,13-14H,4-5,12H2,1-3H3,(H,23,26)/t14-/m0/s1. The molecule has 0 radical (unpaired) electrons. The van der Waals surface area contributed by atoms with Crippen molar-refractivity contribution in [1.29, 1.82) is 0 Å². The van der Waals surface area contributed by atoms with Crippen LogP contribution in [0.15, 0.2) is 51.8 Å². The number of nitrogens with zero attached hydrogens (tertiary/aromatic N) is 2. The Hall–Kier alpha value is -2.38. The Morgan fingerprint density at radius 2 is 1.90 bits per heavy atom. The number of hydrogen-bond donors (Lipinski definition) is 1. The average molecular weight is 434 g/mol. The molecule has 1 heterocycles. The van der Waals surface area contributed by atoms with Crippen molar-refractivity contribution in [3.05, 3.63) is 58.6 Å². The molecular weight excluding hydrogens is 410 g/mol. The van der Waals surface area contributed by atoms with E-state index in [2.05, 4.69) is 16.6 Å². The van der Waals surface area contributed by atoms with E-state index in [9.17, 15) is 13.2 Å². The molecule has 6 nitrogen and oxygen atoms in total. The van der Waals surface area contributed by atoms with Crippen LogP contribution in [0.1, 0.15) is 55.6 Å². The van der Waals surface area contributed by atoms with Crippen molar-refractivity contribution < 1.29 is 13.2 Å². The molecular formula is C21H24ClN3O3S. The van der Waals surface area contributed by atoms with Crippen LogP contribution < -0.4 is 10.2 Å². The number of rotatable bonds is 6. The van der Waals surface area contributed by atoms with E-state index in [4.69, 9.17) is 11.6 Å². The van der Waals surface area contributed by atoms with Crippen molar-refractivity contribution in [2.75, 3.05) is 11.4 Å². The number of hydrogen-bond acceptors (Lipinski definition) is 4. The van der Waals surface area contributed by atoms with Gasteiger partial charge in [-0.05, 0) is 56.2 Å². The summed E-state index contributed by atoms with van der Waals surface area (Å²) >= 11 is 5.91. The van der Waals surface area contributed by atoms with Crippen LogP contribution in [0.2, 0.25) is 5.02 Å². The zero-order valence-corrected chi connectivity index (χ0v) is 18.2. The first-order valence-electron chi connectivity index (χ1n) is 9.52. The number of halogens is 1. The average Bonchev–Trinajstić information content (AvgIpc) is 2.67. The number of sulfonamides is 1. The van der Waals surface area contributed by atoms with Crippen molar-refractivity contribution in [3.63, 3.8) is 0 Å². The number of carbonyl (C=O) groups is 1. The molecule has 1 aliphatic heterocycles. The largest absolute Gasteiger partial charge is 0.346 e. The number of amidine groups is 1. The van der Waals surface area contributed by atoms with E-state index in [1.807, 2.05) is 24.0 Å². The lowest BCUT2D eigenvalue weighted by Gasteiger charge is -2.29. The Morgan fingerprint density at radius 1 is 1.21 bits per heavy atom. The minimum Gasteiger partial charge on any atom is -0.346 e. The van der Waals surface area contributed by atoms with Crippen molar-refractivity contribution in [2.45, 2.75) is 44.6 Å². The van der Waals surface area contributed by atoms with Crippen LogP contribution in [0.5, 0.6) is 0 Å². The van der Waals surface area contributed by atoms with Crippen LogP contribution in [0.25, 0.3) is 0 Å². The van der Waals surface area contributed by atoms with E-state index < -0.39 is 10.0 Å². The summed E-state index contributed by atoms with van der Waals surface area (Å²) in [6.45, 7) is 6.29. The molecule has 3 rings (SSSR count). The molecule has 154 valence electrons. The Balaban J connectivity index is 1.87. The quantitative estimate of drug-likeness (QED) is 0.724. The Labute approximate surface area is 176 Å². The molecule has 2 aromatic carbocycles. The van der Waals surface area contributed by atoms with Gasteiger partial charge in [-0.15, -0.1) is 4.40 Å². The van der Waals surface area contributed by atoms with Gasteiger partial charge < -0.3 is 10.2 Å². The molecule has 0 spiro atoms. The molecule has 0 bridgehead atoms. The molecule has 0 saturated carbocycles. The van der Waals surface area contributed by atoms with Crippen LogP contribution in [0.3, 0.4) is 0 Å². The molecule has 0 fully saturated rings. The molecule has 1 N–H and O–H groups in total. The minimum atomic E-state index is -3.84. The van der Waals surface area contributed by atoms with E-state index in [-0.39, 0.29) is 22.4 Å². The normalized spacial score (nSPS) is 16.0. The fourth-order valence-corrected chi connectivity index (χ4v) is 4.63. The summed E-state index contributed by atoms with van der Waals surface area (Å²) in [6.07, 6.45) is 1.89. The Kier molecular flexibility index (Phi) is 6.29. The SMILES string of the molecule is CCCCN1C(C)=NS(=O)(=O)c2cc(C(=O)N[C@@H](C)c3ccc(Cl)cc3)ccc21. The third-order valence-corrected chi connectivity index (χ3v) is 6.53. The second-order valence-electron chi connectivity index (χ2n) is 7.05. The van der Waals surface area contributed by atoms with Crippen molar-refractivity contribution in [1.82, 2.24) is 5.32 Å². The lowest BCUT2D eigenvalue weighted by molar-refractivity contribution is 0.0939. The van der Waals surface area contributed by atoms with Gasteiger partial charge in [-0.2, -0.15) is 8.42 Å². The van der Waals surface area contributed by atoms with Crippen molar-refractivity contribution in [2.24, 2.45) is 4.40 Å². The summed E-state index contributed by atoms with van der Waals surface area (Å²) < 4.78 is 29.1. The third kappa shape index (κ3) is 4.62. The maximum absolute atomic E-state index is 12.7. The highest BCUT2D eigenvalue weighted by molar-refractivity contribution is 7.90. The van der Waals surface area contributed by atoms with E-state index >= 15 is 0 Å². The maximum Gasteiger partial charge on any atom is 0.286 e. The smallest absolute Gasteiger partial charge is 0.286 e. The first-order valence-corrected chi connectivity index (χ1v) is 11.3. The number of nitrogens with one attached hydrogen (secondary N) is 1. The van der Waals surface area contributed by atoms with Crippen molar-refractivity contribution >= 4 is 39.1 Å². The lowest BCUT2D eigenvalue weighted by atomic mass is 10.1. The van der Waals surface area contributed by atoms with E-state index in [0.29, 0.717) is 23.1 Å². The van der Waals surface area contributed by atoms with Gasteiger partial charge >= 0.3 is 0 Å². The van der Waals surface area contributed by atoms with E-state index in [1.54, 1.807) is 31.2 Å². The summed E-state index contributed by atoms with van der Waals surface area (Å²) in [5, 5.41) is 3.52. The van der Waals surface area contributed by atoms with Gasteiger partial charge in [-0.25, -0.2) is 0 Å². The number of amides is 1. The third-order valence-electron chi connectivity index (χ3n) is 4.89. The second-order valence-corrected chi connectivity index (χ2v) is 9.06. The monoisotopic (exact) mass is 433 g/mol. The summed E-state index contributed by atoms with van der Waals surface area (Å²) in [4.78, 5) is 14.7. The lowest BCUT2D eigenvalue weighted by Crippen LogP contribution is -2.35. The van der Waals surface area contributed by atoms with Gasteiger partial charge in [0.15, 0.2) is 0 Å². The van der Waals surface area contributed by atoms with Gasteiger partial charge in [0.05, 0.1) is 11.7 Å². The minimum absolute atomic E-state index is 0.0611. The number of carbonyl (C=O) groups excluding carboxylic acids is 1. The molecule has 0 saturated heterocycles. The number of fused-ring (bicyclic) bond motifs is 1. The van der Waals surface area contributed by atoms with Gasteiger partial charge in [0, 0.05) is 17.1 Å². The second kappa shape index (κ2) is 8.55. The van der Waals surface area contributed by atoms with Gasteiger partial charge in [-0.3, -0.25) is 4.79 Å². The predicted octanol–water partition coefficient (Wildman–Crippen LogP) is 4.56. The number of unbranched alkanes of at least 4 members (excludes halogenated alkanes) is 1. The summed E-state index contributed by atoms with van der Waals surface area (Å²) in [5.41, 5.74) is 1.74. The highest BCUT2D eigenvalue weighted by atomic mass is 35.5. The molecule has 1 atom stereocenters. The van der Waals surface area contributed by atoms with Crippen LogP contribution in [-0.2, 0) is 10.0 Å². The summed E-state index contributed by atoms with van der Waals surface area (Å²) in [5.74, 6) is 0.0938. The van der Waals surface area contributed by atoms with Gasteiger partial charge in [-0.1, -0.05) is 37.1 Å². The molecule has 8 heteroatoms.